The molecular formula is C31H28N2O5. The van der Waals surface area contributed by atoms with Gasteiger partial charge in [-0.25, -0.2) is 4.98 Å². The van der Waals surface area contributed by atoms with Crippen molar-refractivity contribution >= 4 is 16.9 Å². The highest BCUT2D eigenvalue weighted by Crippen LogP contribution is 2.34. The molecule has 7 heteroatoms. The normalized spacial score (nSPS) is 11.0. The van der Waals surface area contributed by atoms with Crippen LogP contribution in [0.3, 0.4) is 0 Å². The Labute approximate surface area is 220 Å². The number of nitrogens with two attached hydrogens (primary N) is 1. The molecule has 2 aromatic heterocycles. The third-order valence-corrected chi connectivity index (χ3v) is 6.44. The lowest BCUT2D eigenvalue weighted by Gasteiger charge is -2.14. The Bertz CT molecular complexity index is 1620. The van der Waals surface area contributed by atoms with E-state index < -0.39 is 5.97 Å². The molecule has 0 spiro atoms. The average Bonchev–Trinajstić information content (AvgIpc) is 3.40. The molecular weight excluding hydrogens is 480 g/mol. The summed E-state index contributed by atoms with van der Waals surface area (Å²) >= 11 is 0. The van der Waals surface area contributed by atoms with Crippen molar-refractivity contribution in [2.24, 2.45) is 5.73 Å². The van der Waals surface area contributed by atoms with Gasteiger partial charge >= 0.3 is 5.97 Å². The van der Waals surface area contributed by atoms with Crippen molar-refractivity contribution in [3.63, 3.8) is 0 Å². The molecule has 5 rings (SSSR count). The van der Waals surface area contributed by atoms with Crippen molar-refractivity contribution in [2.45, 2.75) is 26.5 Å². The monoisotopic (exact) mass is 508 g/mol. The summed E-state index contributed by atoms with van der Waals surface area (Å²) < 4.78 is 17.3. The Hall–Kier alpha value is -4.62. The number of nitrogens with zero attached hydrogens (tertiary/aromatic N) is 1. The van der Waals surface area contributed by atoms with E-state index in [0.717, 1.165) is 49.9 Å². The molecule has 5 aromatic rings. The summed E-state index contributed by atoms with van der Waals surface area (Å²) in [6.07, 6.45) is 3.26. The number of rotatable bonds is 9. The van der Waals surface area contributed by atoms with Gasteiger partial charge in [-0.05, 0) is 65.6 Å². The van der Waals surface area contributed by atoms with Crippen molar-refractivity contribution < 1.29 is 23.8 Å². The van der Waals surface area contributed by atoms with E-state index in [0.29, 0.717) is 23.7 Å². The fourth-order valence-electron chi connectivity index (χ4n) is 4.58. The molecule has 0 unspecified atom stereocenters. The lowest BCUT2D eigenvalue weighted by atomic mass is 9.99. The summed E-state index contributed by atoms with van der Waals surface area (Å²) in [4.78, 5) is 15.9. The number of aryl methyl sites for hydroxylation is 1. The smallest absolute Gasteiger partial charge is 0.307 e. The van der Waals surface area contributed by atoms with E-state index in [1.165, 1.54) is 0 Å². The first kappa shape index (κ1) is 25.0. The summed E-state index contributed by atoms with van der Waals surface area (Å²) in [6, 6.07) is 21.6. The second kappa shape index (κ2) is 10.8. The van der Waals surface area contributed by atoms with Crippen molar-refractivity contribution in [1.82, 2.24) is 4.98 Å². The first-order valence-corrected chi connectivity index (χ1v) is 12.2. The van der Waals surface area contributed by atoms with Gasteiger partial charge in [-0.3, -0.25) is 4.79 Å². The van der Waals surface area contributed by atoms with Crippen molar-refractivity contribution in [3.8, 4) is 33.9 Å². The number of aromatic nitrogens is 1. The Balaban J connectivity index is 1.49. The molecule has 0 bridgehead atoms. The fraction of sp³-hybridized carbons (Fsp3) is 0.161. The number of carbonyl (C=O) groups is 1. The van der Waals surface area contributed by atoms with Gasteiger partial charge in [-0.1, -0.05) is 30.3 Å². The number of fused-ring (bicyclic) bond motifs is 1. The van der Waals surface area contributed by atoms with Gasteiger partial charge in [0, 0.05) is 40.4 Å². The Morgan fingerprint density at radius 2 is 1.87 bits per heavy atom. The quantitative estimate of drug-likeness (QED) is 0.246. The molecule has 0 radical (unpaired) electrons. The topological polar surface area (TPSA) is 108 Å². The van der Waals surface area contributed by atoms with Crippen LogP contribution in [0.25, 0.3) is 33.2 Å². The largest absolute Gasteiger partial charge is 0.489 e. The Kier molecular flexibility index (Phi) is 7.11. The zero-order valence-electron chi connectivity index (χ0n) is 21.2. The van der Waals surface area contributed by atoms with Crippen molar-refractivity contribution in [2.75, 3.05) is 7.11 Å². The molecule has 0 amide bonds. The van der Waals surface area contributed by atoms with E-state index in [4.69, 9.17) is 19.6 Å². The lowest BCUT2D eigenvalue weighted by Crippen LogP contribution is -2.05. The minimum absolute atomic E-state index is 0.145. The van der Waals surface area contributed by atoms with E-state index in [9.17, 15) is 9.90 Å². The molecule has 38 heavy (non-hydrogen) atoms. The number of ether oxygens (including phenoxy) is 2. The van der Waals surface area contributed by atoms with Crippen LogP contribution in [0.4, 0.5) is 0 Å². The number of carboxylic acid groups (broad SMARTS) is 1. The third-order valence-electron chi connectivity index (χ3n) is 6.44. The molecule has 7 nitrogen and oxygen atoms in total. The molecule has 3 aromatic carbocycles. The molecule has 0 aliphatic heterocycles. The third kappa shape index (κ3) is 5.23. The summed E-state index contributed by atoms with van der Waals surface area (Å²) in [5, 5.41) is 10.4. The SMILES string of the molecule is COc1ncc(-c2ccc(CC(=O)O)c(OCc3cc(-c4cccc(CN)c4)c4occc4c3)c2)cc1C. The van der Waals surface area contributed by atoms with Crippen LogP contribution in [0.1, 0.15) is 22.3 Å². The summed E-state index contributed by atoms with van der Waals surface area (Å²) in [7, 11) is 1.59. The van der Waals surface area contributed by atoms with E-state index in [1.807, 2.05) is 61.5 Å². The molecule has 2 heterocycles. The number of aliphatic carboxylic acids is 1. The van der Waals surface area contributed by atoms with E-state index in [-0.39, 0.29) is 13.0 Å². The maximum Gasteiger partial charge on any atom is 0.307 e. The van der Waals surface area contributed by atoms with Gasteiger partial charge in [0.1, 0.15) is 17.9 Å². The molecule has 0 fully saturated rings. The van der Waals surface area contributed by atoms with Gasteiger partial charge in [0.05, 0.1) is 19.8 Å². The zero-order chi connectivity index (χ0) is 26.6. The van der Waals surface area contributed by atoms with Gasteiger partial charge in [-0.15, -0.1) is 0 Å². The highest BCUT2D eigenvalue weighted by molar-refractivity contribution is 5.93. The summed E-state index contributed by atoms with van der Waals surface area (Å²) in [5.41, 5.74) is 13.8. The van der Waals surface area contributed by atoms with Crippen molar-refractivity contribution in [3.05, 3.63) is 101 Å². The number of hydrogen-bond acceptors (Lipinski definition) is 6. The van der Waals surface area contributed by atoms with Crippen LogP contribution in [-0.4, -0.2) is 23.2 Å². The summed E-state index contributed by atoms with van der Waals surface area (Å²) in [6.45, 7) is 2.63. The molecule has 0 saturated carbocycles. The molecule has 0 saturated heterocycles. The second-order valence-corrected chi connectivity index (χ2v) is 9.12. The maximum absolute atomic E-state index is 11.5. The van der Waals surface area contributed by atoms with Crippen LogP contribution in [0, 0.1) is 6.92 Å². The molecule has 0 aliphatic carbocycles. The molecule has 192 valence electrons. The van der Waals surface area contributed by atoms with Gasteiger partial charge in [-0.2, -0.15) is 0 Å². The Morgan fingerprint density at radius 1 is 1.00 bits per heavy atom. The number of pyridine rings is 1. The lowest BCUT2D eigenvalue weighted by molar-refractivity contribution is -0.136. The first-order chi connectivity index (χ1) is 18.4. The van der Waals surface area contributed by atoms with E-state index >= 15 is 0 Å². The van der Waals surface area contributed by atoms with Crippen LogP contribution < -0.4 is 15.2 Å². The zero-order valence-corrected chi connectivity index (χ0v) is 21.2. The van der Waals surface area contributed by atoms with Gasteiger partial charge < -0.3 is 24.7 Å². The first-order valence-electron chi connectivity index (χ1n) is 12.2. The maximum atomic E-state index is 11.5. The van der Waals surface area contributed by atoms with Gasteiger partial charge in [0.2, 0.25) is 5.88 Å². The Morgan fingerprint density at radius 3 is 2.63 bits per heavy atom. The standard InChI is InChI=1S/C31H28N2O5/c1-19-10-26(17-33-31(19)36-2)22-6-7-24(15-29(34)35)28(14-22)38-18-21-12-25-8-9-37-30(25)27(13-21)23-5-3-4-20(11-23)16-32/h3-14,17H,15-16,18,32H2,1-2H3,(H,34,35). The predicted octanol–water partition coefficient (Wildman–Crippen LogP) is 6.14. The number of methoxy groups -OCH3 is 1. The van der Waals surface area contributed by atoms with Gasteiger partial charge in [0.25, 0.3) is 0 Å². The number of hydrogen-bond donors (Lipinski definition) is 2. The van der Waals surface area contributed by atoms with Crippen LogP contribution in [0.15, 0.2) is 83.6 Å². The molecule has 0 aliphatic rings. The van der Waals surface area contributed by atoms with Crippen LogP contribution in [0.2, 0.25) is 0 Å². The number of benzene rings is 3. The minimum Gasteiger partial charge on any atom is -0.489 e. The van der Waals surface area contributed by atoms with Crippen LogP contribution in [-0.2, 0) is 24.4 Å². The highest BCUT2D eigenvalue weighted by Gasteiger charge is 2.14. The van der Waals surface area contributed by atoms with Crippen LogP contribution >= 0.6 is 0 Å². The number of carboxylic acids is 1. The average molecular weight is 509 g/mol. The second-order valence-electron chi connectivity index (χ2n) is 9.12. The summed E-state index contributed by atoms with van der Waals surface area (Å²) in [5.74, 6) is 0.152. The number of furan rings is 1. The van der Waals surface area contributed by atoms with Crippen LogP contribution in [0.5, 0.6) is 11.6 Å². The highest BCUT2D eigenvalue weighted by atomic mass is 16.5. The molecule has 3 N–H and O–H groups in total. The van der Waals surface area contributed by atoms with E-state index in [1.54, 1.807) is 25.6 Å². The molecule has 0 atom stereocenters. The van der Waals surface area contributed by atoms with Crippen molar-refractivity contribution in [1.29, 1.82) is 0 Å². The van der Waals surface area contributed by atoms with Gasteiger partial charge in [0.15, 0.2) is 0 Å². The fourth-order valence-corrected chi connectivity index (χ4v) is 4.58. The minimum atomic E-state index is -0.925. The van der Waals surface area contributed by atoms with E-state index in [2.05, 4.69) is 11.1 Å². The predicted molar refractivity (Wildman–Crippen MR) is 146 cm³/mol.